The molecule has 1 aliphatic heterocycles. The number of fused-ring (bicyclic) bond motifs is 1. The lowest BCUT2D eigenvalue weighted by Gasteiger charge is -2.40. The third kappa shape index (κ3) is 4.34. The molecule has 4 rings (SSSR count). The van der Waals surface area contributed by atoms with Gasteiger partial charge in [0.05, 0.1) is 22.1 Å². The highest BCUT2D eigenvalue weighted by Gasteiger charge is 2.36. The maximum Gasteiger partial charge on any atom is 0.270 e. The van der Waals surface area contributed by atoms with Crippen LogP contribution in [0.25, 0.3) is 10.9 Å². The number of carbonyl (C=O) groups excluding carboxylic acids is 2. The van der Waals surface area contributed by atoms with Crippen molar-refractivity contribution in [2.75, 3.05) is 13.1 Å². The Morgan fingerprint density at radius 2 is 2.00 bits per heavy atom. The average molecular weight is 475 g/mol. The van der Waals surface area contributed by atoms with Gasteiger partial charge in [0.1, 0.15) is 5.69 Å². The molecule has 2 aliphatic rings. The molecular weight excluding hydrogens is 448 g/mol. The normalized spacial score (nSPS) is 27.1. The summed E-state index contributed by atoms with van der Waals surface area (Å²) in [5, 5.41) is 14.2. The minimum atomic E-state index is -0.682. The fraction of sp³-hybridized carbons (Fsp3) is 0.545. The van der Waals surface area contributed by atoms with Gasteiger partial charge in [0.2, 0.25) is 5.91 Å². The van der Waals surface area contributed by atoms with Crippen LogP contribution in [0.3, 0.4) is 0 Å². The van der Waals surface area contributed by atoms with Crippen molar-refractivity contribution in [3.63, 3.8) is 0 Å². The van der Waals surface area contributed by atoms with Gasteiger partial charge in [0, 0.05) is 36.8 Å². The molecule has 0 bridgehead atoms. The molecule has 2 fully saturated rings. The smallest absolute Gasteiger partial charge is 0.270 e. The van der Waals surface area contributed by atoms with Crippen LogP contribution in [0.1, 0.15) is 49.5 Å². The molecular formula is C22H27BrN4O3. The molecule has 1 aliphatic carbocycles. The Hall–Kier alpha value is -2.06. The number of pyridine rings is 2. The van der Waals surface area contributed by atoms with Crippen molar-refractivity contribution in [3.05, 3.63) is 34.7 Å². The Morgan fingerprint density at radius 3 is 2.80 bits per heavy atom. The standard InChI is InChI=1S/C22H27BrN4O3/c1-13-4-2-3-5-15(13)22(30)27-9-8-19(28)18(12-27)26-21(29)17-7-6-14-10-24-11-16(23)20(14)25-17/h6-7,10-11,13,15,18-19,28H,2-5,8-9,12H2,1H3,(H,26,29)/t13?,15?,18-,19-/m1/s1. The molecule has 2 amide bonds. The average Bonchev–Trinajstić information content (AvgIpc) is 2.75. The van der Waals surface area contributed by atoms with E-state index in [4.69, 9.17) is 0 Å². The van der Waals surface area contributed by atoms with E-state index in [0.717, 1.165) is 24.6 Å². The minimum absolute atomic E-state index is 0.0541. The van der Waals surface area contributed by atoms with E-state index in [9.17, 15) is 14.7 Å². The molecule has 2 unspecified atom stereocenters. The van der Waals surface area contributed by atoms with Gasteiger partial charge in [-0.1, -0.05) is 19.8 Å². The Morgan fingerprint density at radius 1 is 1.20 bits per heavy atom. The van der Waals surface area contributed by atoms with E-state index >= 15 is 0 Å². The number of nitrogens with zero attached hydrogens (tertiary/aromatic N) is 3. The summed E-state index contributed by atoms with van der Waals surface area (Å²) in [6.07, 6.45) is 7.40. The van der Waals surface area contributed by atoms with E-state index in [2.05, 4.69) is 38.1 Å². The molecule has 2 N–H and O–H groups in total. The molecule has 2 aromatic heterocycles. The minimum Gasteiger partial charge on any atom is -0.391 e. The highest BCUT2D eigenvalue weighted by Crippen LogP contribution is 2.31. The maximum atomic E-state index is 13.1. The summed E-state index contributed by atoms with van der Waals surface area (Å²) in [6.45, 7) is 3.01. The molecule has 2 aromatic rings. The summed E-state index contributed by atoms with van der Waals surface area (Å²) in [5.74, 6) is 0.248. The SMILES string of the molecule is CC1CCCCC1C(=O)N1CC[C@@H](O)[C@H](NC(=O)c2ccc3cncc(Br)c3n2)C1. The van der Waals surface area contributed by atoms with E-state index in [1.165, 1.54) is 6.42 Å². The number of aliphatic hydroxyl groups is 1. The van der Waals surface area contributed by atoms with Crippen LogP contribution in [0.5, 0.6) is 0 Å². The van der Waals surface area contributed by atoms with Gasteiger partial charge < -0.3 is 15.3 Å². The van der Waals surface area contributed by atoms with Crippen LogP contribution in [-0.2, 0) is 4.79 Å². The number of carbonyl (C=O) groups is 2. The second-order valence-electron chi connectivity index (χ2n) is 8.48. The number of halogens is 1. The first-order chi connectivity index (χ1) is 14.4. The number of aromatic nitrogens is 2. The van der Waals surface area contributed by atoms with Gasteiger partial charge in [0.25, 0.3) is 5.91 Å². The van der Waals surface area contributed by atoms with Crippen LogP contribution in [0.15, 0.2) is 29.0 Å². The molecule has 1 saturated carbocycles. The monoisotopic (exact) mass is 474 g/mol. The summed E-state index contributed by atoms with van der Waals surface area (Å²) in [4.78, 5) is 36.3. The Bertz CT molecular complexity index is 953. The Labute approximate surface area is 184 Å². The summed E-state index contributed by atoms with van der Waals surface area (Å²) in [5.41, 5.74) is 0.927. The van der Waals surface area contributed by atoms with Crippen LogP contribution in [0, 0.1) is 11.8 Å². The van der Waals surface area contributed by atoms with Crippen molar-refractivity contribution < 1.29 is 14.7 Å². The van der Waals surface area contributed by atoms with Crippen LogP contribution in [0.2, 0.25) is 0 Å². The zero-order chi connectivity index (χ0) is 21.3. The lowest BCUT2D eigenvalue weighted by molar-refractivity contribution is -0.141. The Kier molecular flexibility index (Phi) is 6.34. The van der Waals surface area contributed by atoms with E-state index in [1.54, 1.807) is 24.5 Å². The fourth-order valence-electron chi connectivity index (χ4n) is 4.58. The molecule has 8 heteroatoms. The lowest BCUT2D eigenvalue weighted by atomic mass is 9.79. The number of amides is 2. The second-order valence-corrected chi connectivity index (χ2v) is 9.33. The van der Waals surface area contributed by atoms with E-state index in [0.29, 0.717) is 35.4 Å². The van der Waals surface area contributed by atoms with Gasteiger partial charge in [-0.2, -0.15) is 0 Å². The fourth-order valence-corrected chi connectivity index (χ4v) is 5.01. The predicted octanol–water partition coefficient (Wildman–Crippen LogP) is 2.91. The number of rotatable bonds is 3. The van der Waals surface area contributed by atoms with E-state index in [1.807, 2.05) is 4.90 Å². The van der Waals surface area contributed by atoms with Gasteiger partial charge in [-0.15, -0.1) is 0 Å². The lowest BCUT2D eigenvalue weighted by Crippen LogP contribution is -2.57. The predicted molar refractivity (Wildman–Crippen MR) is 117 cm³/mol. The van der Waals surface area contributed by atoms with Crippen molar-refractivity contribution in [1.29, 1.82) is 0 Å². The maximum absolute atomic E-state index is 13.1. The van der Waals surface area contributed by atoms with Gasteiger partial charge in [0.15, 0.2) is 0 Å². The molecule has 1 saturated heterocycles. The van der Waals surface area contributed by atoms with Gasteiger partial charge in [-0.05, 0) is 53.2 Å². The van der Waals surface area contributed by atoms with Crippen molar-refractivity contribution in [3.8, 4) is 0 Å². The number of aliphatic hydroxyl groups excluding tert-OH is 1. The first-order valence-electron chi connectivity index (χ1n) is 10.6. The van der Waals surface area contributed by atoms with Crippen LogP contribution >= 0.6 is 15.9 Å². The highest BCUT2D eigenvalue weighted by atomic mass is 79.9. The number of hydrogen-bond donors (Lipinski definition) is 2. The van der Waals surface area contributed by atoms with Crippen molar-refractivity contribution in [1.82, 2.24) is 20.2 Å². The number of hydrogen-bond acceptors (Lipinski definition) is 5. The van der Waals surface area contributed by atoms with E-state index < -0.39 is 12.1 Å². The number of likely N-dealkylation sites (tertiary alicyclic amines) is 1. The quantitative estimate of drug-likeness (QED) is 0.712. The van der Waals surface area contributed by atoms with Gasteiger partial charge in [-0.3, -0.25) is 14.6 Å². The molecule has 30 heavy (non-hydrogen) atoms. The van der Waals surface area contributed by atoms with Crippen molar-refractivity contribution in [2.24, 2.45) is 11.8 Å². The first kappa shape index (κ1) is 21.2. The topological polar surface area (TPSA) is 95.4 Å². The highest BCUT2D eigenvalue weighted by molar-refractivity contribution is 9.10. The number of nitrogens with one attached hydrogen (secondary N) is 1. The third-order valence-electron chi connectivity index (χ3n) is 6.42. The molecule has 3 heterocycles. The summed E-state index contributed by atoms with van der Waals surface area (Å²) < 4.78 is 0.714. The molecule has 0 radical (unpaired) electrons. The van der Waals surface area contributed by atoms with Gasteiger partial charge >= 0.3 is 0 Å². The molecule has 160 valence electrons. The molecule has 7 nitrogen and oxygen atoms in total. The molecule has 4 atom stereocenters. The largest absolute Gasteiger partial charge is 0.391 e. The zero-order valence-electron chi connectivity index (χ0n) is 17.1. The summed E-state index contributed by atoms with van der Waals surface area (Å²) >= 11 is 3.41. The van der Waals surface area contributed by atoms with Crippen LogP contribution < -0.4 is 5.32 Å². The zero-order valence-corrected chi connectivity index (χ0v) is 18.6. The molecule has 0 aromatic carbocycles. The third-order valence-corrected chi connectivity index (χ3v) is 7.00. The van der Waals surface area contributed by atoms with E-state index in [-0.39, 0.29) is 23.4 Å². The van der Waals surface area contributed by atoms with Crippen molar-refractivity contribution in [2.45, 2.75) is 51.2 Å². The number of piperidine rings is 1. The molecule has 0 spiro atoms. The summed E-state index contributed by atoms with van der Waals surface area (Å²) in [7, 11) is 0. The van der Waals surface area contributed by atoms with Gasteiger partial charge in [-0.25, -0.2) is 4.98 Å². The van der Waals surface area contributed by atoms with Crippen LogP contribution in [0.4, 0.5) is 0 Å². The van der Waals surface area contributed by atoms with Crippen molar-refractivity contribution >= 4 is 38.6 Å². The summed E-state index contributed by atoms with van der Waals surface area (Å²) in [6, 6.07) is 2.94. The Balaban J connectivity index is 1.46. The second kappa shape index (κ2) is 8.98. The van der Waals surface area contributed by atoms with Crippen LogP contribution in [-0.4, -0.2) is 57.0 Å². The first-order valence-corrected chi connectivity index (χ1v) is 11.4.